The van der Waals surface area contributed by atoms with E-state index >= 15 is 0 Å². The smallest absolute Gasteiger partial charge is 0.374 e. The second kappa shape index (κ2) is 6.75. The Morgan fingerprint density at radius 1 is 1.36 bits per heavy atom. The summed E-state index contributed by atoms with van der Waals surface area (Å²) in [6.45, 7) is 0.727. The van der Waals surface area contributed by atoms with E-state index in [1.54, 1.807) is 7.05 Å². The van der Waals surface area contributed by atoms with Gasteiger partial charge in [0.05, 0.1) is 5.69 Å². The second-order valence-electron chi connectivity index (χ2n) is 5.36. The van der Waals surface area contributed by atoms with Crippen LogP contribution < -0.4 is 9.80 Å². The van der Waals surface area contributed by atoms with Crippen molar-refractivity contribution in [3.63, 3.8) is 0 Å². The molecule has 7 nitrogen and oxygen atoms in total. The summed E-state index contributed by atoms with van der Waals surface area (Å²) >= 11 is 1.10. The van der Waals surface area contributed by atoms with Crippen LogP contribution in [-0.2, 0) is 11.2 Å². The Labute approximate surface area is 144 Å². The molecule has 25 heavy (non-hydrogen) atoms. The number of rotatable bonds is 4. The first kappa shape index (κ1) is 17.3. The maximum atomic E-state index is 13.2. The topological polar surface area (TPSA) is 74.1 Å². The molecule has 0 unspecified atom stereocenters. The van der Waals surface area contributed by atoms with Crippen LogP contribution in [0.5, 0.6) is 0 Å². The van der Waals surface area contributed by atoms with Gasteiger partial charge in [-0.05, 0) is 30.5 Å². The fourth-order valence-corrected chi connectivity index (χ4v) is 3.00. The number of aryl methyl sites for hydroxylation is 1. The van der Waals surface area contributed by atoms with E-state index < -0.39 is 6.30 Å². The molecule has 1 aliphatic rings. The minimum Gasteiger partial charge on any atom is -0.374 e. The Morgan fingerprint density at radius 2 is 2.16 bits per heavy atom. The predicted molar refractivity (Wildman–Crippen MR) is 86.7 cm³/mol. The molecule has 1 aliphatic heterocycles. The van der Waals surface area contributed by atoms with E-state index in [1.165, 1.54) is 17.6 Å². The Morgan fingerprint density at radius 3 is 2.80 bits per heavy atom. The van der Waals surface area contributed by atoms with Crippen molar-refractivity contribution in [3.8, 4) is 0 Å². The van der Waals surface area contributed by atoms with Crippen LogP contribution in [-0.4, -0.2) is 36.5 Å². The van der Waals surface area contributed by atoms with Gasteiger partial charge in [-0.25, -0.2) is 4.90 Å². The number of halogens is 3. The summed E-state index contributed by atoms with van der Waals surface area (Å²) in [4.78, 5) is 12.6. The fraction of sp³-hybridized carbons (Fsp3) is 0.357. The first-order valence-electron chi connectivity index (χ1n) is 7.27. The number of aromatic nitrogens is 2. The van der Waals surface area contributed by atoms with Crippen molar-refractivity contribution in [2.75, 3.05) is 23.4 Å². The number of alkyl halides is 3. The number of anilines is 2. The molecule has 0 fully saturated rings. The average molecular weight is 370 g/mol. The molecule has 0 atom stereocenters. The Kier molecular flexibility index (Phi) is 4.66. The highest BCUT2D eigenvalue weighted by atomic mass is 32.1. The number of azo groups is 1. The van der Waals surface area contributed by atoms with E-state index in [4.69, 9.17) is 0 Å². The zero-order valence-corrected chi connectivity index (χ0v) is 13.9. The maximum Gasteiger partial charge on any atom is 0.491 e. The van der Waals surface area contributed by atoms with Crippen molar-refractivity contribution >= 4 is 39.9 Å². The first-order chi connectivity index (χ1) is 11.9. The van der Waals surface area contributed by atoms with Crippen LogP contribution in [0.3, 0.4) is 0 Å². The van der Waals surface area contributed by atoms with Crippen molar-refractivity contribution in [2.24, 2.45) is 10.2 Å². The lowest BCUT2D eigenvalue weighted by Gasteiger charge is -2.30. The molecule has 1 aromatic heterocycles. The minimum atomic E-state index is -4.86. The summed E-state index contributed by atoms with van der Waals surface area (Å²) in [6.07, 6.45) is -3.54. The lowest BCUT2D eigenvalue weighted by molar-refractivity contribution is -0.141. The zero-order valence-electron chi connectivity index (χ0n) is 13.1. The predicted octanol–water partition coefficient (Wildman–Crippen LogP) is 3.82. The first-order valence-corrected chi connectivity index (χ1v) is 8.15. The molecule has 0 spiro atoms. The summed E-state index contributed by atoms with van der Waals surface area (Å²) in [5.74, 6) is 0. The van der Waals surface area contributed by atoms with Crippen molar-refractivity contribution in [3.05, 3.63) is 23.2 Å². The van der Waals surface area contributed by atoms with Gasteiger partial charge in [0.2, 0.25) is 6.41 Å². The quantitative estimate of drug-likeness (QED) is 0.466. The normalized spacial score (nSPS) is 14.6. The van der Waals surface area contributed by atoms with Crippen molar-refractivity contribution < 1.29 is 18.0 Å². The van der Waals surface area contributed by atoms with Gasteiger partial charge in [-0.2, -0.15) is 0 Å². The lowest BCUT2D eigenvalue weighted by atomic mass is 10.0. The lowest BCUT2D eigenvalue weighted by Crippen LogP contribution is -2.37. The molecule has 0 N–H and O–H groups in total. The van der Waals surface area contributed by atoms with Gasteiger partial charge >= 0.3 is 6.30 Å². The number of fused-ring (bicyclic) bond motifs is 1. The number of amides is 1. The number of carbonyl (C=O) groups is 1. The number of hydrogen-bond acceptors (Lipinski definition) is 7. The molecule has 2 aromatic rings. The van der Waals surface area contributed by atoms with E-state index in [2.05, 4.69) is 20.4 Å². The number of nitrogens with zero attached hydrogens (tertiary/aromatic N) is 6. The number of benzene rings is 1. The third-order valence-electron chi connectivity index (χ3n) is 3.76. The highest BCUT2D eigenvalue weighted by Crippen LogP contribution is 2.41. The van der Waals surface area contributed by atoms with Crippen LogP contribution in [0.15, 0.2) is 27.9 Å². The molecule has 2 heterocycles. The van der Waals surface area contributed by atoms with Gasteiger partial charge < -0.3 is 4.90 Å². The van der Waals surface area contributed by atoms with Gasteiger partial charge in [-0.1, -0.05) is 11.3 Å². The van der Waals surface area contributed by atoms with E-state index in [1.807, 2.05) is 4.90 Å². The van der Waals surface area contributed by atoms with Gasteiger partial charge in [0.25, 0.3) is 5.13 Å². The van der Waals surface area contributed by atoms with Gasteiger partial charge in [0.15, 0.2) is 0 Å². The van der Waals surface area contributed by atoms with Crippen molar-refractivity contribution in [1.82, 2.24) is 10.2 Å². The number of carbonyl (C=O) groups excluding carboxylic acids is 1. The van der Waals surface area contributed by atoms with Crippen molar-refractivity contribution in [1.29, 1.82) is 0 Å². The third-order valence-corrected chi connectivity index (χ3v) is 4.33. The van der Waals surface area contributed by atoms with Gasteiger partial charge in [0.1, 0.15) is 11.2 Å². The van der Waals surface area contributed by atoms with Crippen molar-refractivity contribution in [2.45, 2.75) is 19.1 Å². The number of hydrogen-bond donors (Lipinski definition) is 0. The molecule has 132 valence electrons. The van der Waals surface area contributed by atoms with E-state index in [0.29, 0.717) is 12.1 Å². The molecule has 0 aliphatic carbocycles. The molecule has 0 radical (unpaired) electrons. The second-order valence-corrected chi connectivity index (χ2v) is 6.17. The fourth-order valence-electron chi connectivity index (χ4n) is 2.63. The van der Waals surface area contributed by atoms with Gasteiger partial charge in [-0.3, -0.25) is 4.79 Å². The molecular formula is C14H13F3N6OS. The monoisotopic (exact) mass is 370 g/mol. The van der Waals surface area contributed by atoms with E-state index in [0.717, 1.165) is 29.9 Å². The molecule has 1 aromatic carbocycles. The van der Waals surface area contributed by atoms with Crippen LogP contribution >= 0.6 is 11.3 Å². The van der Waals surface area contributed by atoms with E-state index in [-0.39, 0.29) is 27.8 Å². The Balaban J connectivity index is 2.12. The molecule has 3 rings (SSSR count). The molecule has 11 heteroatoms. The maximum absolute atomic E-state index is 13.2. The summed E-state index contributed by atoms with van der Waals surface area (Å²) < 4.78 is 39.7. The molecule has 0 saturated heterocycles. The minimum absolute atomic E-state index is 0.0475. The average Bonchev–Trinajstić information content (AvgIpc) is 3.06. The standard InChI is InChI=1S/C14H13F3N6OS/c1-22-4-2-3-9-5-10(19-21-13-20-18-7-25-13)12(6-11(9)22)23(8-24)14(15,16)17/h5-8H,2-4H2,1H3. The Hall–Kier alpha value is -2.56. The zero-order chi connectivity index (χ0) is 18.0. The van der Waals surface area contributed by atoms with E-state index in [9.17, 15) is 18.0 Å². The molecule has 0 saturated carbocycles. The highest BCUT2D eigenvalue weighted by molar-refractivity contribution is 7.13. The summed E-state index contributed by atoms with van der Waals surface area (Å²) in [6, 6.07) is 2.86. The van der Waals surface area contributed by atoms with Crippen LogP contribution in [0, 0.1) is 0 Å². The molecular weight excluding hydrogens is 357 g/mol. The largest absolute Gasteiger partial charge is 0.491 e. The highest BCUT2D eigenvalue weighted by Gasteiger charge is 2.39. The van der Waals surface area contributed by atoms with Gasteiger partial charge in [0, 0.05) is 19.3 Å². The van der Waals surface area contributed by atoms with Crippen LogP contribution in [0.4, 0.5) is 35.4 Å². The van der Waals surface area contributed by atoms with Crippen LogP contribution in [0.1, 0.15) is 12.0 Å². The summed E-state index contributed by atoms with van der Waals surface area (Å²) in [5, 5.41) is 15.2. The SMILES string of the molecule is CN1CCCc2cc(N=Nc3nncs3)c(N(C=O)C(F)(F)F)cc21. The summed E-state index contributed by atoms with van der Waals surface area (Å²) in [5.41, 5.74) is 2.52. The van der Waals surface area contributed by atoms with Crippen LogP contribution in [0.25, 0.3) is 0 Å². The summed E-state index contributed by atoms with van der Waals surface area (Å²) in [7, 11) is 1.79. The molecule has 1 amide bonds. The molecule has 0 bridgehead atoms. The third kappa shape index (κ3) is 3.60. The Bertz CT molecular complexity index is 793. The van der Waals surface area contributed by atoms with Gasteiger partial charge in [-0.15, -0.1) is 33.6 Å². The van der Waals surface area contributed by atoms with Crippen LogP contribution in [0.2, 0.25) is 0 Å².